The van der Waals surface area contributed by atoms with Gasteiger partial charge >= 0.3 is 0 Å². The number of fused-ring (bicyclic) bond motifs is 1. The number of H-pyrrole nitrogens is 1. The van der Waals surface area contributed by atoms with Gasteiger partial charge in [0.1, 0.15) is 5.82 Å². The molecule has 0 aliphatic carbocycles. The number of benzene rings is 2. The molecule has 0 radical (unpaired) electrons. The fourth-order valence-corrected chi connectivity index (χ4v) is 3.69. The molecule has 8 heteroatoms. The number of nitrogens with zero attached hydrogens (tertiary/aromatic N) is 2. The smallest absolute Gasteiger partial charge is 0.272 e. The average molecular weight is 445 g/mol. The highest BCUT2D eigenvalue weighted by Gasteiger charge is 2.32. The molecule has 0 unspecified atom stereocenters. The number of rotatable bonds is 6. The number of hydrogen-bond donors (Lipinski definition) is 2. The van der Waals surface area contributed by atoms with Crippen molar-refractivity contribution in [3.63, 3.8) is 0 Å². The van der Waals surface area contributed by atoms with Gasteiger partial charge in [-0.15, -0.1) is 12.4 Å². The average Bonchev–Trinajstić information content (AvgIpc) is 2.70. The minimum atomic E-state index is -0.526. The molecule has 1 aliphatic heterocycles. The minimum absolute atomic E-state index is 0. The lowest BCUT2D eigenvalue weighted by atomic mass is 10.0. The zero-order valence-electron chi connectivity index (χ0n) is 17.5. The van der Waals surface area contributed by atoms with Crippen LogP contribution in [0.1, 0.15) is 35.5 Å². The molecule has 31 heavy (non-hydrogen) atoms. The Kier molecular flexibility index (Phi) is 7.08. The molecule has 1 saturated heterocycles. The van der Waals surface area contributed by atoms with E-state index in [2.05, 4.69) is 29.4 Å². The van der Waals surface area contributed by atoms with E-state index in [1.54, 1.807) is 29.2 Å². The number of likely N-dealkylation sites (tertiary alicyclic amines) is 1. The third kappa shape index (κ3) is 4.94. The van der Waals surface area contributed by atoms with Crippen LogP contribution in [0, 0.1) is 11.7 Å². The van der Waals surface area contributed by atoms with Crippen molar-refractivity contribution in [1.29, 1.82) is 0 Å². The number of carbonyl (C=O) groups is 1. The van der Waals surface area contributed by atoms with Gasteiger partial charge in [-0.1, -0.05) is 38.1 Å². The van der Waals surface area contributed by atoms with Crippen molar-refractivity contribution in [3.05, 3.63) is 75.5 Å². The number of amides is 1. The van der Waals surface area contributed by atoms with Gasteiger partial charge < -0.3 is 10.2 Å². The van der Waals surface area contributed by atoms with Gasteiger partial charge in [0, 0.05) is 30.9 Å². The molecule has 0 bridgehead atoms. The lowest BCUT2D eigenvalue weighted by Crippen LogP contribution is -2.60. The van der Waals surface area contributed by atoms with E-state index in [9.17, 15) is 14.0 Å². The Morgan fingerprint density at radius 1 is 1.23 bits per heavy atom. The summed E-state index contributed by atoms with van der Waals surface area (Å²) >= 11 is 0. The number of nitrogens with one attached hydrogen (secondary N) is 2. The molecule has 2 aromatic carbocycles. The Bertz CT molecular complexity index is 1140. The van der Waals surface area contributed by atoms with E-state index in [0.29, 0.717) is 36.5 Å². The molecule has 4 rings (SSSR count). The van der Waals surface area contributed by atoms with Crippen LogP contribution in [0.25, 0.3) is 10.8 Å². The van der Waals surface area contributed by atoms with Crippen molar-refractivity contribution in [1.82, 2.24) is 20.4 Å². The normalized spacial score (nSPS) is 13.9. The Morgan fingerprint density at radius 3 is 2.65 bits per heavy atom. The summed E-state index contributed by atoms with van der Waals surface area (Å²) in [5.41, 5.74) is 1.27. The van der Waals surface area contributed by atoms with Crippen LogP contribution in [0.15, 0.2) is 47.3 Å². The highest BCUT2D eigenvalue weighted by Crippen LogP contribution is 2.21. The zero-order valence-corrected chi connectivity index (χ0v) is 18.3. The lowest BCUT2D eigenvalue weighted by Gasteiger charge is -2.40. The maximum atomic E-state index is 14.4. The zero-order chi connectivity index (χ0) is 21.3. The van der Waals surface area contributed by atoms with Crippen molar-refractivity contribution in [3.8, 4) is 0 Å². The summed E-state index contributed by atoms with van der Waals surface area (Å²) in [6.45, 7) is 6.34. The summed E-state index contributed by atoms with van der Waals surface area (Å²) in [7, 11) is 0. The van der Waals surface area contributed by atoms with Gasteiger partial charge in [-0.3, -0.25) is 9.59 Å². The number of aromatic amines is 1. The summed E-state index contributed by atoms with van der Waals surface area (Å²) < 4.78 is 14.4. The van der Waals surface area contributed by atoms with Crippen molar-refractivity contribution in [2.24, 2.45) is 5.92 Å². The van der Waals surface area contributed by atoms with Gasteiger partial charge in [-0.25, -0.2) is 9.49 Å². The molecule has 6 nitrogen and oxygen atoms in total. The van der Waals surface area contributed by atoms with Crippen LogP contribution in [0.3, 0.4) is 0 Å². The monoisotopic (exact) mass is 444 g/mol. The van der Waals surface area contributed by atoms with E-state index >= 15 is 0 Å². The van der Waals surface area contributed by atoms with Gasteiger partial charge in [-0.05, 0) is 36.2 Å². The first-order chi connectivity index (χ1) is 14.4. The lowest BCUT2D eigenvalue weighted by molar-refractivity contribution is 0.0559. The van der Waals surface area contributed by atoms with Crippen LogP contribution in [0.4, 0.5) is 4.39 Å². The van der Waals surface area contributed by atoms with Crippen LogP contribution >= 0.6 is 12.4 Å². The largest absolute Gasteiger partial charge is 0.335 e. The standard InChI is InChI=1S/C23H25FN4O2.ClH/c1-14(2)11-25-16-12-28(13-16)23(30)19-9-15(7-8-20(19)24)10-21-17-5-3-4-6-18(17)22(29)27-26-21;/h3-9,14,16,25H,10-13H2,1-2H3,(H,27,29);1H. The van der Waals surface area contributed by atoms with E-state index < -0.39 is 5.82 Å². The molecule has 0 saturated carbocycles. The van der Waals surface area contributed by atoms with Crippen LogP contribution in [0.2, 0.25) is 0 Å². The third-order valence-electron chi connectivity index (χ3n) is 5.39. The second-order valence-corrected chi connectivity index (χ2v) is 8.25. The predicted molar refractivity (Wildman–Crippen MR) is 121 cm³/mol. The highest BCUT2D eigenvalue weighted by molar-refractivity contribution is 5.95. The van der Waals surface area contributed by atoms with Gasteiger partial charge in [0.15, 0.2) is 0 Å². The van der Waals surface area contributed by atoms with Gasteiger partial charge in [0.05, 0.1) is 16.6 Å². The summed E-state index contributed by atoms with van der Waals surface area (Å²) in [5.74, 6) is -0.278. The van der Waals surface area contributed by atoms with Crippen molar-refractivity contribution in [2.45, 2.75) is 26.3 Å². The maximum Gasteiger partial charge on any atom is 0.272 e. The van der Waals surface area contributed by atoms with Gasteiger partial charge in [0.25, 0.3) is 11.5 Å². The van der Waals surface area contributed by atoms with E-state index in [-0.39, 0.29) is 35.5 Å². The molecular weight excluding hydrogens is 419 g/mol. The third-order valence-corrected chi connectivity index (χ3v) is 5.39. The summed E-state index contributed by atoms with van der Waals surface area (Å²) in [6.07, 6.45) is 0.385. The molecule has 1 aliphatic rings. The van der Waals surface area contributed by atoms with Crippen LogP contribution in [-0.2, 0) is 6.42 Å². The quantitative estimate of drug-likeness (QED) is 0.612. The SMILES string of the molecule is CC(C)CNC1CN(C(=O)c2cc(Cc3n[nH]c(=O)c4ccccc34)ccc2F)C1.Cl. The topological polar surface area (TPSA) is 78.1 Å². The molecule has 1 amide bonds. The first kappa shape index (κ1) is 22.9. The number of aromatic nitrogens is 2. The first-order valence-corrected chi connectivity index (χ1v) is 10.2. The number of halogens is 2. The molecular formula is C23H26ClFN4O2. The minimum Gasteiger partial charge on any atom is -0.335 e. The van der Waals surface area contributed by atoms with Crippen LogP contribution < -0.4 is 10.9 Å². The Hall–Kier alpha value is -2.77. The van der Waals surface area contributed by atoms with Crippen molar-refractivity contribution >= 4 is 29.1 Å². The maximum absolute atomic E-state index is 14.4. The summed E-state index contributed by atoms with van der Waals surface area (Å²) in [4.78, 5) is 26.4. The Labute approximate surface area is 186 Å². The molecule has 1 fully saturated rings. The molecule has 3 aromatic rings. The van der Waals surface area contributed by atoms with Crippen LogP contribution in [-0.4, -0.2) is 46.7 Å². The van der Waals surface area contributed by atoms with E-state index in [1.807, 2.05) is 12.1 Å². The molecule has 1 aromatic heterocycles. The molecule has 2 N–H and O–H groups in total. The Balaban J connectivity index is 0.00000272. The molecule has 164 valence electrons. The summed E-state index contributed by atoms with van der Waals surface area (Å²) in [5, 5.41) is 11.4. The first-order valence-electron chi connectivity index (χ1n) is 10.2. The van der Waals surface area contributed by atoms with Crippen molar-refractivity contribution < 1.29 is 9.18 Å². The molecule has 2 heterocycles. The summed E-state index contributed by atoms with van der Waals surface area (Å²) in [6, 6.07) is 12.1. The fourth-order valence-electron chi connectivity index (χ4n) is 3.69. The van der Waals surface area contributed by atoms with Gasteiger partial charge in [0.2, 0.25) is 0 Å². The molecule has 0 spiro atoms. The number of carbonyl (C=O) groups excluding carboxylic acids is 1. The van der Waals surface area contributed by atoms with E-state index in [4.69, 9.17) is 0 Å². The van der Waals surface area contributed by atoms with E-state index in [1.165, 1.54) is 6.07 Å². The second kappa shape index (κ2) is 9.58. The van der Waals surface area contributed by atoms with Gasteiger partial charge in [-0.2, -0.15) is 5.10 Å². The second-order valence-electron chi connectivity index (χ2n) is 8.25. The molecule has 0 atom stereocenters. The highest BCUT2D eigenvalue weighted by atomic mass is 35.5. The predicted octanol–water partition coefficient (Wildman–Crippen LogP) is 3.14. The number of hydrogen-bond acceptors (Lipinski definition) is 4. The fraction of sp³-hybridized carbons (Fsp3) is 0.348. The van der Waals surface area contributed by atoms with Crippen molar-refractivity contribution in [2.75, 3.05) is 19.6 Å². The van der Waals surface area contributed by atoms with E-state index in [0.717, 1.165) is 17.5 Å². The Morgan fingerprint density at radius 2 is 1.94 bits per heavy atom. The van der Waals surface area contributed by atoms with Crippen LogP contribution in [0.5, 0.6) is 0 Å².